The Morgan fingerprint density at radius 3 is 2.89 bits per heavy atom. The number of nitrogens with one attached hydrogen (secondary N) is 1. The van der Waals surface area contributed by atoms with Crippen molar-refractivity contribution in [1.82, 2.24) is 14.7 Å². The van der Waals surface area contributed by atoms with Gasteiger partial charge in [0.15, 0.2) is 4.96 Å². The predicted octanol–water partition coefficient (Wildman–Crippen LogP) is 5.27. The highest BCUT2D eigenvalue weighted by Gasteiger charge is 2.13. The van der Waals surface area contributed by atoms with Crippen LogP contribution in [0.2, 0.25) is 5.02 Å². The molecule has 2 aromatic heterocycles. The molecule has 4 rings (SSSR count). The van der Waals surface area contributed by atoms with Crippen molar-refractivity contribution in [2.75, 3.05) is 6.54 Å². The van der Waals surface area contributed by atoms with Crippen molar-refractivity contribution in [3.8, 4) is 11.3 Å². The number of hydrogen-bond donors (Lipinski definition) is 1. The molecule has 0 fully saturated rings. The summed E-state index contributed by atoms with van der Waals surface area (Å²) in [5.41, 5.74) is 4.37. The number of aromatic nitrogens is 2. The van der Waals surface area contributed by atoms with Crippen LogP contribution in [0.25, 0.3) is 16.2 Å². The number of benzene rings is 1. The van der Waals surface area contributed by atoms with E-state index >= 15 is 0 Å². The number of halogens is 1. The summed E-state index contributed by atoms with van der Waals surface area (Å²) in [5.74, 6) is 0.0628. The normalized spacial score (nSPS) is 14.3. The molecule has 1 N–H and O–H groups in total. The molecule has 0 spiro atoms. The smallest absolute Gasteiger partial charge is 0.225 e. The summed E-state index contributed by atoms with van der Waals surface area (Å²) in [4.78, 5) is 17.9. The molecule has 0 unspecified atom stereocenters. The molecule has 0 bridgehead atoms. The van der Waals surface area contributed by atoms with Gasteiger partial charge < -0.3 is 5.32 Å². The molecular formula is C21H22ClN3OS. The summed E-state index contributed by atoms with van der Waals surface area (Å²) in [5, 5.41) is 5.77. The second kappa shape index (κ2) is 8.28. The van der Waals surface area contributed by atoms with Crippen LogP contribution in [-0.2, 0) is 11.2 Å². The third-order valence-electron chi connectivity index (χ3n) is 4.92. The van der Waals surface area contributed by atoms with Crippen LogP contribution in [0.1, 0.15) is 37.8 Å². The van der Waals surface area contributed by atoms with Gasteiger partial charge in [0, 0.05) is 34.4 Å². The Morgan fingerprint density at radius 1 is 1.26 bits per heavy atom. The first-order valence-electron chi connectivity index (χ1n) is 9.35. The average molecular weight is 400 g/mol. The quantitative estimate of drug-likeness (QED) is 0.574. The van der Waals surface area contributed by atoms with Gasteiger partial charge in [-0.05, 0) is 44.2 Å². The molecule has 0 atom stereocenters. The third-order valence-corrected chi connectivity index (χ3v) is 6.06. The molecular weight excluding hydrogens is 378 g/mol. The lowest BCUT2D eigenvalue weighted by Gasteiger charge is -2.12. The van der Waals surface area contributed by atoms with E-state index in [1.807, 2.05) is 40.2 Å². The topological polar surface area (TPSA) is 46.4 Å². The molecule has 0 saturated carbocycles. The van der Waals surface area contributed by atoms with Gasteiger partial charge in [0.05, 0.1) is 12.1 Å². The van der Waals surface area contributed by atoms with E-state index in [2.05, 4.69) is 16.4 Å². The van der Waals surface area contributed by atoms with E-state index in [1.54, 1.807) is 11.3 Å². The molecule has 6 heteroatoms. The van der Waals surface area contributed by atoms with Crippen LogP contribution in [-0.4, -0.2) is 21.8 Å². The number of imidazole rings is 1. The monoisotopic (exact) mass is 399 g/mol. The number of carbonyl (C=O) groups excluding carboxylic acids is 1. The highest BCUT2D eigenvalue weighted by atomic mass is 35.5. The van der Waals surface area contributed by atoms with Gasteiger partial charge in [0.2, 0.25) is 5.91 Å². The van der Waals surface area contributed by atoms with Crippen LogP contribution in [0, 0.1) is 0 Å². The van der Waals surface area contributed by atoms with Crippen LogP contribution < -0.4 is 5.32 Å². The van der Waals surface area contributed by atoms with Gasteiger partial charge in [0.1, 0.15) is 0 Å². The second-order valence-electron chi connectivity index (χ2n) is 6.90. The first-order chi connectivity index (χ1) is 13.2. The van der Waals surface area contributed by atoms with E-state index < -0.39 is 0 Å². The summed E-state index contributed by atoms with van der Waals surface area (Å²) in [6, 6.07) is 7.64. The number of carbonyl (C=O) groups is 1. The maximum Gasteiger partial charge on any atom is 0.225 e. The summed E-state index contributed by atoms with van der Waals surface area (Å²) >= 11 is 7.52. The molecule has 140 valence electrons. The molecule has 1 aliphatic carbocycles. The molecule has 1 aromatic carbocycles. The lowest BCUT2D eigenvalue weighted by atomic mass is 9.97. The van der Waals surface area contributed by atoms with Gasteiger partial charge in [-0.25, -0.2) is 4.98 Å². The minimum Gasteiger partial charge on any atom is -0.355 e. The highest BCUT2D eigenvalue weighted by Crippen LogP contribution is 2.25. The number of thiazole rings is 1. The Morgan fingerprint density at radius 2 is 2.11 bits per heavy atom. The number of hydrogen-bond acceptors (Lipinski definition) is 3. The molecule has 2 heterocycles. The van der Waals surface area contributed by atoms with Gasteiger partial charge in [-0.3, -0.25) is 9.20 Å². The molecule has 27 heavy (non-hydrogen) atoms. The lowest BCUT2D eigenvalue weighted by Crippen LogP contribution is -2.26. The number of allylic oxidation sites excluding steroid dienone is 1. The van der Waals surface area contributed by atoms with Gasteiger partial charge in [0.25, 0.3) is 0 Å². The minimum absolute atomic E-state index is 0.0628. The zero-order chi connectivity index (χ0) is 18.6. The van der Waals surface area contributed by atoms with Crippen molar-refractivity contribution in [3.05, 3.63) is 58.2 Å². The molecule has 1 amide bonds. The van der Waals surface area contributed by atoms with Crippen LogP contribution in [0.3, 0.4) is 0 Å². The Hall–Kier alpha value is -2.11. The fourth-order valence-corrected chi connectivity index (χ4v) is 4.44. The maximum atomic E-state index is 12.3. The maximum absolute atomic E-state index is 12.3. The van der Waals surface area contributed by atoms with E-state index in [1.165, 1.54) is 31.3 Å². The van der Waals surface area contributed by atoms with Gasteiger partial charge in [-0.1, -0.05) is 35.4 Å². The van der Waals surface area contributed by atoms with Crippen LogP contribution in [0.15, 0.2) is 47.5 Å². The van der Waals surface area contributed by atoms with Crippen molar-refractivity contribution < 1.29 is 4.79 Å². The van der Waals surface area contributed by atoms with E-state index in [4.69, 9.17) is 11.6 Å². The second-order valence-corrected chi connectivity index (χ2v) is 8.17. The van der Waals surface area contributed by atoms with E-state index in [9.17, 15) is 4.79 Å². The van der Waals surface area contributed by atoms with Gasteiger partial charge >= 0.3 is 0 Å². The van der Waals surface area contributed by atoms with Crippen molar-refractivity contribution in [1.29, 1.82) is 0 Å². The summed E-state index contributed by atoms with van der Waals surface area (Å²) < 4.78 is 2.01. The van der Waals surface area contributed by atoms with Gasteiger partial charge in [-0.2, -0.15) is 0 Å². The number of rotatable bonds is 6. The number of fused-ring (bicyclic) bond motifs is 1. The SMILES string of the molecule is O=C(Cc1csc2nc(-c3ccc(Cl)cc3)cn12)NCCC1=CCCCC1. The molecule has 4 nitrogen and oxygen atoms in total. The molecule has 3 aromatic rings. The molecule has 0 saturated heterocycles. The molecule has 0 aliphatic heterocycles. The number of amides is 1. The average Bonchev–Trinajstić information content (AvgIpc) is 3.25. The molecule has 0 radical (unpaired) electrons. The standard InChI is InChI=1S/C21H22ClN3OS/c22-17-8-6-16(7-9-17)19-13-25-18(14-27-21(25)24-19)12-20(26)23-11-10-15-4-2-1-3-5-15/h4,6-9,13-14H,1-3,5,10-12H2,(H,23,26). The Bertz CT molecular complexity index is 971. The number of nitrogens with zero attached hydrogens (tertiary/aromatic N) is 2. The summed E-state index contributed by atoms with van der Waals surface area (Å²) in [7, 11) is 0. The van der Waals surface area contributed by atoms with Crippen molar-refractivity contribution in [2.24, 2.45) is 0 Å². The van der Waals surface area contributed by atoms with E-state index in [0.717, 1.165) is 34.9 Å². The summed E-state index contributed by atoms with van der Waals surface area (Å²) in [6.45, 7) is 0.720. The highest BCUT2D eigenvalue weighted by molar-refractivity contribution is 7.15. The van der Waals surface area contributed by atoms with Crippen LogP contribution in [0.4, 0.5) is 0 Å². The van der Waals surface area contributed by atoms with Crippen molar-refractivity contribution >= 4 is 33.8 Å². The Kier molecular flexibility index (Phi) is 5.60. The zero-order valence-corrected chi connectivity index (χ0v) is 16.7. The largest absolute Gasteiger partial charge is 0.355 e. The fraction of sp³-hybridized carbons (Fsp3) is 0.333. The van der Waals surface area contributed by atoms with Gasteiger partial charge in [-0.15, -0.1) is 11.3 Å². The lowest BCUT2D eigenvalue weighted by molar-refractivity contribution is -0.120. The van der Waals surface area contributed by atoms with Crippen LogP contribution in [0.5, 0.6) is 0 Å². The fourth-order valence-electron chi connectivity index (χ4n) is 3.44. The predicted molar refractivity (Wildman–Crippen MR) is 111 cm³/mol. The van der Waals surface area contributed by atoms with Crippen molar-refractivity contribution in [3.63, 3.8) is 0 Å². The van der Waals surface area contributed by atoms with Crippen molar-refractivity contribution in [2.45, 2.75) is 38.5 Å². The van der Waals surface area contributed by atoms with E-state index in [-0.39, 0.29) is 5.91 Å². The van der Waals surface area contributed by atoms with E-state index in [0.29, 0.717) is 11.4 Å². The molecule has 1 aliphatic rings. The third kappa shape index (κ3) is 4.42. The van der Waals surface area contributed by atoms with Crippen LogP contribution >= 0.6 is 22.9 Å². The zero-order valence-electron chi connectivity index (χ0n) is 15.1. The Labute approximate surface area is 167 Å². The Balaban J connectivity index is 1.39. The first-order valence-corrected chi connectivity index (χ1v) is 10.6. The summed E-state index contributed by atoms with van der Waals surface area (Å²) in [6.07, 6.45) is 10.6. The minimum atomic E-state index is 0.0628. The first kappa shape index (κ1) is 18.3.